The van der Waals surface area contributed by atoms with Crippen molar-refractivity contribution < 1.29 is 23.1 Å². The summed E-state index contributed by atoms with van der Waals surface area (Å²) in [7, 11) is -4.07. The Morgan fingerprint density at radius 2 is 1.76 bits per heavy atom. The van der Waals surface area contributed by atoms with Gasteiger partial charge in [0.25, 0.3) is 5.91 Å². The average molecular weight is 583 g/mol. The first-order valence-electron chi connectivity index (χ1n) is 14.3. The highest BCUT2D eigenvalue weighted by Gasteiger charge is 2.33. The summed E-state index contributed by atoms with van der Waals surface area (Å²) < 4.78 is 27.9. The maximum atomic E-state index is 13.5. The number of nitrogens with zero attached hydrogens (tertiary/aromatic N) is 3. The molecule has 2 aromatic carbocycles. The molecule has 5 rings (SSSR count). The lowest BCUT2D eigenvalue weighted by atomic mass is 10.0. The van der Waals surface area contributed by atoms with Crippen molar-refractivity contribution in [1.29, 1.82) is 0 Å². The number of benzene rings is 2. The summed E-state index contributed by atoms with van der Waals surface area (Å²) in [5.74, 6) is -0.454. The first-order chi connectivity index (χ1) is 19.8. The Hall–Kier alpha value is -3.64. The van der Waals surface area contributed by atoms with E-state index in [-0.39, 0.29) is 17.3 Å². The largest absolute Gasteiger partial charge is 0.480 e. The number of carbonyl (C=O) groups is 2. The summed E-state index contributed by atoms with van der Waals surface area (Å²) in [6.45, 7) is 3.70. The van der Waals surface area contributed by atoms with Crippen LogP contribution >= 0.6 is 0 Å². The van der Waals surface area contributed by atoms with Gasteiger partial charge in [-0.15, -0.1) is 0 Å². The highest BCUT2D eigenvalue weighted by atomic mass is 32.2. The van der Waals surface area contributed by atoms with E-state index in [0.717, 1.165) is 69.9 Å². The number of guanidine groups is 1. The Morgan fingerprint density at radius 1 is 1.05 bits per heavy atom. The summed E-state index contributed by atoms with van der Waals surface area (Å²) in [5.41, 5.74) is 1.48. The maximum absolute atomic E-state index is 13.5. The molecule has 3 aliphatic rings. The van der Waals surface area contributed by atoms with Gasteiger partial charge in [0.05, 0.1) is 4.90 Å². The van der Waals surface area contributed by atoms with Gasteiger partial charge in [-0.3, -0.25) is 14.6 Å². The van der Waals surface area contributed by atoms with E-state index in [9.17, 15) is 23.1 Å². The van der Waals surface area contributed by atoms with Crippen molar-refractivity contribution in [2.24, 2.45) is 10.9 Å². The van der Waals surface area contributed by atoms with Crippen molar-refractivity contribution in [3.63, 3.8) is 0 Å². The Labute approximate surface area is 241 Å². The quantitative estimate of drug-likeness (QED) is 0.315. The molecule has 0 aromatic heterocycles. The smallest absolute Gasteiger partial charge is 0.323 e. The number of carbonyl (C=O) groups excluding carboxylic acids is 1. The fourth-order valence-corrected chi connectivity index (χ4v) is 6.40. The molecule has 2 aliphatic heterocycles. The van der Waals surface area contributed by atoms with Crippen LogP contribution in [-0.2, 0) is 14.8 Å². The van der Waals surface area contributed by atoms with E-state index in [1.54, 1.807) is 30.3 Å². The Balaban J connectivity index is 1.21. The molecule has 0 radical (unpaired) electrons. The molecule has 0 spiro atoms. The fraction of sp³-hybridized carbons (Fsp3) is 0.483. The molecule has 1 atom stereocenters. The van der Waals surface area contributed by atoms with E-state index >= 15 is 0 Å². The van der Waals surface area contributed by atoms with Gasteiger partial charge in [0.15, 0.2) is 5.96 Å². The molecule has 41 heavy (non-hydrogen) atoms. The van der Waals surface area contributed by atoms with E-state index in [1.807, 2.05) is 12.1 Å². The maximum Gasteiger partial charge on any atom is 0.323 e. The van der Waals surface area contributed by atoms with E-state index in [4.69, 9.17) is 0 Å². The molecule has 1 aliphatic carbocycles. The predicted molar refractivity (Wildman–Crippen MR) is 157 cm³/mol. The number of anilines is 1. The number of amides is 1. The van der Waals surface area contributed by atoms with Gasteiger partial charge < -0.3 is 25.5 Å². The van der Waals surface area contributed by atoms with Crippen LogP contribution in [0, 0.1) is 5.92 Å². The zero-order valence-corrected chi connectivity index (χ0v) is 23.9. The molecule has 1 saturated heterocycles. The van der Waals surface area contributed by atoms with Crippen molar-refractivity contribution in [3.8, 4) is 0 Å². The van der Waals surface area contributed by atoms with Gasteiger partial charge in [-0.25, -0.2) is 8.42 Å². The molecule has 2 heterocycles. The van der Waals surface area contributed by atoms with E-state index in [1.165, 1.54) is 17.0 Å². The normalized spacial score (nSPS) is 18.6. The second-order valence-electron chi connectivity index (χ2n) is 10.9. The van der Waals surface area contributed by atoms with Crippen molar-refractivity contribution in [1.82, 2.24) is 20.3 Å². The predicted octanol–water partition coefficient (Wildman–Crippen LogP) is 1.88. The summed E-state index contributed by atoms with van der Waals surface area (Å²) in [6, 6.07) is 13.9. The highest BCUT2D eigenvalue weighted by Crippen LogP contribution is 2.30. The second-order valence-corrected chi connectivity index (χ2v) is 12.7. The first-order valence-corrected chi connectivity index (χ1v) is 15.8. The molecular weight excluding hydrogens is 544 g/mol. The third-order valence-electron chi connectivity index (χ3n) is 7.73. The Bertz CT molecular complexity index is 1340. The molecule has 12 heteroatoms. The summed E-state index contributed by atoms with van der Waals surface area (Å²) in [6.07, 6.45) is 4.94. The number of nitrogens with one attached hydrogen (secondary N) is 3. The molecule has 1 saturated carbocycles. The third-order valence-corrected chi connectivity index (χ3v) is 9.21. The Kier molecular flexibility index (Phi) is 9.09. The number of hydrogen-bond donors (Lipinski definition) is 4. The summed E-state index contributed by atoms with van der Waals surface area (Å²) >= 11 is 0. The lowest BCUT2D eigenvalue weighted by Crippen LogP contribution is -2.50. The van der Waals surface area contributed by atoms with Crippen LogP contribution in [0.1, 0.15) is 42.5 Å². The van der Waals surface area contributed by atoms with Crippen LogP contribution in [0.3, 0.4) is 0 Å². The summed E-state index contributed by atoms with van der Waals surface area (Å²) in [4.78, 5) is 33.9. The topological polar surface area (TPSA) is 143 Å². The number of rotatable bonds is 11. The number of aliphatic carboxylic acids is 1. The standard InChI is InChI=1S/C29H38N6O5S/c36-27(22-9-11-24(12-10-22)34-17-13-23(14-18-34)32-29-30-15-4-16-31-29)35(19-21-7-8-21)20-26(28(37)38)33-41(39,40)25-5-2-1-3-6-25/h1-3,5-6,9-12,21,23,26,33H,4,7-8,13-20H2,(H,37,38)(H2,30,31,32)/t26-/m0/s1. The van der Waals surface area contributed by atoms with Gasteiger partial charge in [0, 0.05) is 56.6 Å². The lowest BCUT2D eigenvalue weighted by Gasteiger charge is -2.35. The van der Waals surface area contributed by atoms with E-state index in [0.29, 0.717) is 24.1 Å². The van der Waals surface area contributed by atoms with Crippen molar-refractivity contribution in [3.05, 3.63) is 60.2 Å². The van der Waals surface area contributed by atoms with Gasteiger partial charge in [0.2, 0.25) is 10.0 Å². The minimum atomic E-state index is -4.07. The minimum absolute atomic E-state index is 0.0267. The molecule has 0 bridgehead atoms. The number of carboxylic acid groups (broad SMARTS) is 1. The van der Waals surface area contributed by atoms with Gasteiger partial charge >= 0.3 is 5.97 Å². The van der Waals surface area contributed by atoms with Crippen LogP contribution in [0.2, 0.25) is 0 Å². The van der Waals surface area contributed by atoms with E-state index in [2.05, 4.69) is 25.2 Å². The van der Waals surface area contributed by atoms with Crippen LogP contribution in [0.15, 0.2) is 64.5 Å². The zero-order chi connectivity index (χ0) is 28.8. The average Bonchev–Trinajstić information content (AvgIpc) is 3.81. The van der Waals surface area contributed by atoms with Crippen molar-refractivity contribution in [2.45, 2.75) is 49.1 Å². The highest BCUT2D eigenvalue weighted by molar-refractivity contribution is 7.89. The molecule has 1 amide bonds. The molecule has 2 fully saturated rings. The molecule has 220 valence electrons. The summed E-state index contributed by atoms with van der Waals surface area (Å²) in [5, 5.41) is 16.7. The second kappa shape index (κ2) is 12.9. The van der Waals surface area contributed by atoms with Crippen LogP contribution in [-0.4, -0.2) is 87.6 Å². The van der Waals surface area contributed by atoms with Gasteiger partial charge in [-0.1, -0.05) is 18.2 Å². The van der Waals surface area contributed by atoms with Crippen molar-refractivity contribution in [2.75, 3.05) is 44.2 Å². The Morgan fingerprint density at radius 3 is 2.37 bits per heavy atom. The van der Waals surface area contributed by atoms with Crippen LogP contribution in [0.25, 0.3) is 0 Å². The molecule has 0 unspecified atom stereocenters. The fourth-order valence-electron chi connectivity index (χ4n) is 5.20. The minimum Gasteiger partial charge on any atom is -0.480 e. The number of hydrogen-bond acceptors (Lipinski definition) is 8. The third kappa shape index (κ3) is 7.76. The van der Waals surface area contributed by atoms with Crippen LogP contribution in [0.4, 0.5) is 5.69 Å². The lowest BCUT2D eigenvalue weighted by molar-refractivity contribution is -0.139. The number of piperidine rings is 1. The zero-order valence-electron chi connectivity index (χ0n) is 23.0. The number of sulfonamides is 1. The monoisotopic (exact) mass is 582 g/mol. The van der Waals surface area contributed by atoms with Crippen molar-refractivity contribution >= 4 is 33.5 Å². The molecule has 11 nitrogen and oxygen atoms in total. The molecule has 4 N–H and O–H groups in total. The van der Waals surface area contributed by atoms with Crippen LogP contribution in [0.5, 0.6) is 0 Å². The van der Waals surface area contributed by atoms with E-state index < -0.39 is 22.0 Å². The number of aliphatic imine (C=N–C) groups is 1. The number of carboxylic acids is 1. The van der Waals surface area contributed by atoms with Crippen LogP contribution < -0.4 is 20.3 Å². The van der Waals surface area contributed by atoms with Gasteiger partial charge in [0.1, 0.15) is 6.04 Å². The SMILES string of the molecule is O=C(O)[C@H](CN(CC1CC1)C(=O)c1ccc(N2CCC(NC3=NCCCN3)CC2)cc1)NS(=O)(=O)c1ccccc1. The van der Waals surface area contributed by atoms with Gasteiger partial charge in [-0.2, -0.15) is 4.72 Å². The molecule has 2 aromatic rings. The van der Waals surface area contributed by atoms with Gasteiger partial charge in [-0.05, 0) is 74.4 Å². The molecular formula is C29H38N6O5S. The first kappa shape index (κ1) is 28.9.